The second-order valence-corrected chi connectivity index (χ2v) is 5.79. The summed E-state index contributed by atoms with van der Waals surface area (Å²) in [4.78, 5) is 2.64. The highest BCUT2D eigenvalue weighted by atomic mass is 15.3. The summed E-state index contributed by atoms with van der Waals surface area (Å²) < 4.78 is 2.14. The third kappa shape index (κ3) is 2.52. The standard InChI is InChI=1S/C16H23N3/c1-13-6-5-7-14(2)18(13)10-11-19-16-9-4-3-8-15(16)12-17-19/h3-4,8-9,12-14H,5-7,10-11H2,1-2H3. The molecule has 1 aromatic heterocycles. The lowest BCUT2D eigenvalue weighted by Gasteiger charge is -2.38. The quantitative estimate of drug-likeness (QED) is 0.841. The van der Waals surface area contributed by atoms with Crippen molar-refractivity contribution in [3.63, 3.8) is 0 Å². The van der Waals surface area contributed by atoms with Crippen LogP contribution in [0.2, 0.25) is 0 Å². The van der Waals surface area contributed by atoms with E-state index in [1.165, 1.54) is 30.2 Å². The van der Waals surface area contributed by atoms with Crippen LogP contribution in [0.15, 0.2) is 30.5 Å². The fourth-order valence-corrected chi connectivity index (χ4v) is 3.33. The molecule has 102 valence electrons. The number of para-hydroxylation sites is 1. The Kier molecular flexibility index (Phi) is 3.56. The van der Waals surface area contributed by atoms with Gasteiger partial charge >= 0.3 is 0 Å². The first-order valence-corrected chi connectivity index (χ1v) is 7.42. The summed E-state index contributed by atoms with van der Waals surface area (Å²) in [5.41, 5.74) is 1.25. The van der Waals surface area contributed by atoms with Crippen molar-refractivity contribution in [2.75, 3.05) is 6.54 Å². The van der Waals surface area contributed by atoms with Crippen molar-refractivity contribution in [1.29, 1.82) is 0 Å². The molecule has 2 atom stereocenters. The van der Waals surface area contributed by atoms with Crippen LogP contribution in [-0.4, -0.2) is 33.3 Å². The number of aromatic nitrogens is 2. The number of rotatable bonds is 3. The van der Waals surface area contributed by atoms with Crippen molar-refractivity contribution in [1.82, 2.24) is 14.7 Å². The van der Waals surface area contributed by atoms with Gasteiger partial charge in [-0.15, -0.1) is 0 Å². The number of hydrogen-bond acceptors (Lipinski definition) is 2. The molecule has 0 bridgehead atoms. The largest absolute Gasteiger partial charge is 0.296 e. The predicted molar refractivity (Wildman–Crippen MR) is 79.2 cm³/mol. The average Bonchev–Trinajstić information content (AvgIpc) is 2.82. The van der Waals surface area contributed by atoms with Gasteiger partial charge in [0.2, 0.25) is 0 Å². The van der Waals surface area contributed by atoms with Gasteiger partial charge < -0.3 is 0 Å². The van der Waals surface area contributed by atoms with E-state index in [4.69, 9.17) is 0 Å². The highest BCUT2D eigenvalue weighted by Gasteiger charge is 2.24. The lowest BCUT2D eigenvalue weighted by atomic mass is 9.98. The summed E-state index contributed by atoms with van der Waals surface area (Å²) in [6.07, 6.45) is 6.02. The first-order valence-electron chi connectivity index (χ1n) is 7.42. The monoisotopic (exact) mass is 257 g/mol. The molecule has 19 heavy (non-hydrogen) atoms. The van der Waals surface area contributed by atoms with E-state index in [1.807, 2.05) is 6.20 Å². The molecule has 0 saturated carbocycles. The minimum Gasteiger partial charge on any atom is -0.296 e. The summed E-state index contributed by atoms with van der Waals surface area (Å²) in [7, 11) is 0. The third-order valence-corrected chi connectivity index (χ3v) is 4.50. The highest BCUT2D eigenvalue weighted by Crippen LogP contribution is 2.22. The molecule has 3 nitrogen and oxygen atoms in total. The van der Waals surface area contributed by atoms with Crippen molar-refractivity contribution in [3.8, 4) is 0 Å². The number of piperidine rings is 1. The van der Waals surface area contributed by atoms with E-state index < -0.39 is 0 Å². The predicted octanol–water partition coefficient (Wildman–Crippen LogP) is 3.30. The molecule has 3 rings (SSSR count). The summed E-state index contributed by atoms with van der Waals surface area (Å²) in [5.74, 6) is 0. The topological polar surface area (TPSA) is 21.1 Å². The Balaban J connectivity index is 1.71. The van der Waals surface area contributed by atoms with Crippen molar-refractivity contribution in [2.45, 2.75) is 51.7 Å². The zero-order chi connectivity index (χ0) is 13.2. The van der Waals surface area contributed by atoms with Gasteiger partial charge in [0.25, 0.3) is 0 Å². The normalized spacial score (nSPS) is 24.9. The van der Waals surface area contributed by atoms with Crippen LogP contribution in [0, 0.1) is 0 Å². The lowest BCUT2D eigenvalue weighted by Crippen LogP contribution is -2.45. The van der Waals surface area contributed by atoms with E-state index in [0.717, 1.165) is 13.1 Å². The Labute approximate surface area is 115 Å². The van der Waals surface area contributed by atoms with Crippen LogP contribution in [0.3, 0.4) is 0 Å². The number of hydrogen-bond donors (Lipinski definition) is 0. The van der Waals surface area contributed by atoms with E-state index in [1.54, 1.807) is 0 Å². The smallest absolute Gasteiger partial charge is 0.0682 e. The fraction of sp³-hybridized carbons (Fsp3) is 0.562. The zero-order valence-corrected chi connectivity index (χ0v) is 11.9. The molecule has 3 heteroatoms. The molecule has 1 aliphatic heterocycles. The van der Waals surface area contributed by atoms with Gasteiger partial charge in [-0.3, -0.25) is 9.58 Å². The molecule has 2 heterocycles. The Morgan fingerprint density at radius 2 is 1.84 bits per heavy atom. The van der Waals surface area contributed by atoms with E-state index >= 15 is 0 Å². The third-order valence-electron chi connectivity index (χ3n) is 4.50. The van der Waals surface area contributed by atoms with Gasteiger partial charge in [0.1, 0.15) is 0 Å². The van der Waals surface area contributed by atoms with Crippen LogP contribution in [0.25, 0.3) is 10.9 Å². The van der Waals surface area contributed by atoms with Crippen molar-refractivity contribution < 1.29 is 0 Å². The van der Waals surface area contributed by atoms with Crippen LogP contribution in [0.4, 0.5) is 0 Å². The maximum Gasteiger partial charge on any atom is 0.0682 e. The molecular formula is C16H23N3. The molecule has 1 saturated heterocycles. The van der Waals surface area contributed by atoms with E-state index in [9.17, 15) is 0 Å². The zero-order valence-electron chi connectivity index (χ0n) is 11.9. The van der Waals surface area contributed by atoms with Gasteiger partial charge in [0, 0.05) is 24.0 Å². The van der Waals surface area contributed by atoms with Crippen LogP contribution < -0.4 is 0 Å². The average molecular weight is 257 g/mol. The molecule has 0 aliphatic carbocycles. The van der Waals surface area contributed by atoms with Crippen molar-refractivity contribution >= 4 is 10.9 Å². The summed E-state index contributed by atoms with van der Waals surface area (Å²) in [6, 6.07) is 9.88. The van der Waals surface area contributed by atoms with Gasteiger partial charge in [0.05, 0.1) is 18.3 Å². The van der Waals surface area contributed by atoms with Crippen LogP contribution >= 0.6 is 0 Å². The number of fused-ring (bicyclic) bond motifs is 1. The second kappa shape index (κ2) is 5.33. The van der Waals surface area contributed by atoms with Gasteiger partial charge in [-0.1, -0.05) is 24.6 Å². The molecule has 0 amide bonds. The van der Waals surface area contributed by atoms with Gasteiger partial charge in [-0.25, -0.2) is 0 Å². The summed E-state index contributed by atoms with van der Waals surface area (Å²) in [5, 5.41) is 5.76. The Bertz CT molecular complexity index is 536. The van der Waals surface area contributed by atoms with Crippen LogP contribution in [0.1, 0.15) is 33.1 Å². The highest BCUT2D eigenvalue weighted by molar-refractivity contribution is 5.78. The maximum atomic E-state index is 4.52. The van der Waals surface area contributed by atoms with E-state index in [2.05, 4.69) is 52.8 Å². The second-order valence-electron chi connectivity index (χ2n) is 5.79. The van der Waals surface area contributed by atoms with Gasteiger partial charge in [-0.05, 0) is 32.8 Å². The molecule has 0 N–H and O–H groups in total. The molecule has 2 aromatic rings. The molecule has 2 unspecified atom stereocenters. The van der Waals surface area contributed by atoms with E-state index in [-0.39, 0.29) is 0 Å². The molecule has 1 aromatic carbocycles. The van der Waals surface area contributed by atoms with Crippen LogP contribution in [-0.2, 0) is 6.54 Å². The summed E-state index contributed by atoms with van der Waals surface area (Å²) >= 11 is 0. The molecular weight excluding hydrogens is 234 g/mol. The molecule has 1 aliphatic rings. The Morgan fingerprint density at radius 3 is 2.63 bits per heavy atom. The Morgan fingerprint density at radius 1 is 1.11 bits per heavy atom. The van der Waals surface area contributed by atoms with Gasteiger partial charge in [0.15, 0.2) is 0 Å². The molecule has 0 spiro atoms. The minimum absolute atomic E-state index is 0.713. The minimum atomic E-state index is 0.713. The van der Waals surface area contributed by atoms with Crippen LogP contribution in [0.5, 0.6) is 0 Å². The summed E-state index contributed by atoms with van der Waals surface area (Å²) in [6.45, 7) is 6.81. The first-order chi connectivity index (χ1) is 9.25. The molecule has 0 radical (unpaired) electrons. The number of benzene rings is 1. The lowest BCUT2D eigenvalue weighted by molar-refractivity contribution is 0.0983. The van der Waals surface area contributed by atoms with E-state index in [0.29, 0.717) is 12.1 Å². The number of nitrogens with zero attached hydrogens (tertiary/aromatic N) is 3. The number of likely N-dealkylation sites (tertiary alicyclic amines) is 1. The maximum absolute atomic E-state index is 4.52. The SMILES string of the molecule is CC1CCCC(C)N1CCn1ncc2ccccc21. The van der Waals surface area contributed by atoms with Gasteiger partial charge in [-0.2, -0.15) is 5.10 Å². The fourth-order valence-electron chi connectivity index (χ4n) is 3.33. The van der Waals surface area contributed by atoms with Crippen molar-refractivity contribution in [3.05, 3.63) is 30.5 Å². The first kappa shape index (κ1) is 12.7. The molecule has 1 fully saturated rings. The Hall–Kier alpha value is -1.35. The van der Waals surface area contributed by atoms with Crippen molar-refractivity contribution in [2.24, 2.45) is 0 Å².